The molecule has 0 aliphatic carbocycles. The summed E-state index contributed by atoms with van der Waals surface area (Å²) in [4.78, 5) is 33.7. The maximum Gasteiger partial charge on any atom is 0.271 e. The Labute approximate surface area is 142 Å². The van der Waals surface area contributed by atoms with Crippen LogP contribution in [0.3, 0.4) is 0 Å². The van der Waals surface area contributed by atoms with Crippen molar-refractivity contribution in [2.24, 2.45) is 0 Å². The molecule has 124 valence electrons. The Hall–Kier alpha value is -2.93. The van der Waals surface area contributed by atoms with Gasteiger partial charge in [0.1, 0.15) is 0 Å². The number of nitrogens with one attached hydrogen (secondary N) is 2. The van der Waals surface area contributed by atoms with Gasteiger partial charge in [0, 0.05) is 30.7 Å². The topological polar surface area (TPSA) is 101 Å². The highest BCUT2D eigenvalue weighted by atomic mass is 35.5. The molecule has 0 saturated heterocycles. The van der Waals surface area contributed by atoms with Crippen molar-refractivity contribution in [2.75, 3.05) is 11.9 Å². The Morgan fingerprint density at radius 2 is 1.83 bits per heavy atom. The van der Waals surface area contributed by atoms with Crippen LogP contribution < -0.4 is 10.6 Å². The summed E-state index contributed by atoms with van der Waals surface area (Å²) in [7, 11) is 0. The van der Waals surface area contributed by atoms with E-state index in [0.717, 1.165) is 6.07 Å². The molecule has 2 aromatic carbocycles. The quantitative estimate of drug-likeness (QED) is 0.619. The van der Waals surface area contributed by atoms with Crippen LogP contribution in [0.4, 0.5) is 11.4 Å². The third-order valence-corrected chi connectivity index (χ3v) is 3.42. The number of hydrogen-bond donors (Lipinski definition) is 2. The first-order valence-corrected chi connectivity index (χ1v) is 7.42. The zero-order valence-corrected chi connectivity index (χ0v) is 13.2. The van der Waals surface area contributed by atoms with E-state index in [4.69, 9.17) is 11.6 Å². The zero-order valence-electron chi connectivity index (χ0n) is 12.5. The van der Waals surface area contributed by atoms with Crippen LogP contribution in [-0.2, 0) is 4.79 Å². The van der Waals surface area contributed by atoms with Gasteiger partial charge in [-0.05, 0) is 18.2 Å². The van der Waals surface area contributed by atoms with E-state index in [1.807, 2.05) is 0 Å². The zero-order chi connectivity index (χ0) is 17.5. The predicted molar refractivity (Wildman–Crippen MR) is 90.1 cm³/mol. The summed E-state index contributed by atoms with van der Waals surface area (Å²) >= 11 is 5.89. The van der Waals surface area contributed by atoms with Crippen LogP contribution in [0, 0.1) is 10.1 Å². The molecule has 0 aromatic heterocycles. The molecule has 7 nitrogen and oxygen atoms in total. The second-order valence-electron chi connectivity index (χ2n) is 4.84. The van der Waals surface area contributed by atoms with Crippen molar-refractivity contribution in [3.05, 3.63) is 69.2 Å². The number of carbonyl (C=O) groups excluding carboxylic acids is 2. The van der Waals surface area contributed by atoms with Crippen molar-refractivity contribution >= 4 is 34.8 Å². The molecule has 0 aliphatic heterocycles. The number of nitro groups is 1. The van der Waals surface area contributed by atoms with Gasteiger partial charge in [-0.3, -0.25) is 19.7 Å². The van der Waals surface area contributed by atoms with Gasteiger partial charge >= 0.3 is 0 Å². The molecule has 0 bridgehead atoms. The number of benzene rings is 2. The van der Waals surface area contributed by atoms with Crippen LogP contribution in [0.5, 0.6) is 0 Å². The number of hydrogen-bond acceptors (Lipinski definition) is 4. The molecule has 2 N–H and O–H groups in total. The molecule has 2 aromatic rings. The van der Waals surface area contributed by atoms with Crippen molar-refractivity contribution in [3.8, 4) is 0 Å². The molecule has 8 heteroatoms. The van der Waals surface area contributed by atoms with Gasteiger partial charge in [-0.1, -0.05) is 29.8 Å². The molecule has 0 spiro atoms. The molecule has 24 heavy (non-hydrogen) atoms. The lowest BCUT2D eigenvalue weighted by molar-refractivity contribution is -0.384. The summed E-state index contributed by atoms with van der Waals surface area (Å²) in [5, 5.41) is 15.9. The number of anilines is 1. The minimum atomic E-state index is -0.573. The third-order valence-electron chi connectivity index (χ3n) is 3.11. The molecule has 0 atom stereocenters. The lowest BCUT2D eigenvalue weighted by Gasteiger charge is -2.08. The summed E-state index contributed by atoms with van der Waals surface area (Å²) in [5.41, 5.74) is 0.631. The van der Waals surface area contributed by atoms with E-state index in [9.17, 15) is 19.7 Å². The van der Waals surface area contributed by atoms with Crippen LogP contribution in [0.2, 0.25) is 5.02 Å². The highest BCUT2D eigenvalue weighted by Gasteiger charge is 2.12. The molecule has 0 fully saturated rings. The van der Waals surface area contributed by atoms with E-state index in [2.05, 4.69) is 10.6 Å². The fourth-order valence-electron chi connectivity index (χ4n) is 1.91. The third kappa shape index (κ3) is 4.79. The first-order chi connectivity index (χ1) is 11.5. The number of halogens is 1. The first-order valence-electron chi connectivity index (χ1n) is 7.04. The molecular weight excluding hydrogens is 334 g/mol. The van der Waals surface area contributed by atoms with E-state index >= 15 is 0 Å². The lowest BCUT2D eigenvalue weighted by atomic mass is 10.2. The number of nitrogens with zero attached hydrogens (tertiary/aromatic N) is 1. The van der Waals surface area contributed by atoms with Gasteiger partial charge in [0.25, 0.3) is 11.6 Å². The van der Waals surface area contributed by atoms with Crippen molar-refractivity contribution in [3.63, 3.8) is 0 Å². The van der Waals surface area contributed by atoms with Gasteiger partial charge in [-0.25, -0.2) is 0 Å². The lowest BCUT2D eigenvalue weighted by Crippen LogP contribution is -2.27. The molecule has 2 rings (SSSR count). The van der Waals surface area contributed by atoms with Crippen LogP contribution in [0.25, 0.3) is 0 Å². The van der Waals surface area contributed by atoms with Gasteiger partial charge in [0.2, 0.25) is 5.91 Å². The predicted octanol–water partition coefficient (Wildman–Crippen LogP) is 3.01. The van der Waals surface area contributed by atoms with Crippen molar-refractivity contribution in [1.82, 2.24) is 5.32 Å². The minimum absolute atomic E-state index is 0.0475. The Morgan fingerprint density at radius 3 is 2.46 bits per heavy atom. The fraction of sp³-hybridized carbons (Fsp3) is 0.125. The molecule has 0 aliphatic rings. The van der Waals surface area contributed by atoms with Crippen LogP contribution in [0.1, 0.15) is 16.8 Å². The Balaban J connectivity index is 1.83. The van der Waals surface area contributed by atoms with Gasteiger partial charge in [-0.15, -0.1) is 0 Å². The van der Waals surface area contributed by atoms with Crippen molar-refractivity contribution in [1.29, 1.82) is 0 Å². The second kappa shape index (κ2) is 8.07. The molecule has 0 saturated carbocycles. The second-order valence-corrected chi connectivity index (χ2v) is 5.25. The highest BCUT2D eigenvalue weighted by Crippen LogP contribution is 2.26. The summed E-state index contributed by atoms with van der Waals surface area (Å²) in [6.07, 6.45) is 0.0475. The summed E-state index contributed by atoms with van der Waals surface area (Å²) in [5.74, 6) is -0.629. The number of non-ortho nitro benzene ring substituents is 1. The molecule has 0 unspecified atom stereocenters. The van der Waals surface area contributed by atoms with Crippen LogP contribution >= 0.6 is 11.6 Å². The van der Waals surface area contributed by atoms with Gasteiger partial charge in [-0.2, -0.15) is 0 Å². The minimum Gasteiger partial charge on any atom is -0.352 e. The van der Waals surface area contributed by atoms with E-state index in [1.54, 1.807) is 30.3 Å². The first kappa shape index (κ1) is 17.4. The summed E-state index contributed by atoms with van der Waals surface area (Å²) in [6, 6.07) is 12.4. The Kier molecular flexibility index (Phi) is 5.86. The maximum atomic E-state index is 11.8. The largest absolute Gasteiger partial charge is 0.352 e. The van der Waals surface area contributed by atoms with Crippen molar-refractivity contribution < 1.29 is 14.5 Å². The molecule has 2 amide bonds. The van der Waals surface area contributed by atoms with Gasteiger partial charge in [0.15, 0.2) is 0 Å². The van der Waals surface area contributed by atoms with E-state index in [0.29, 0.717) is 5.56 Å². The Bertz CT molecular complexity index is 765. The van der Waals surface area contributed by atoms with E-state index in [1.165, 1.54) is 12.1 Å². The van der Waals surface area contributed by atoms with Gasteiger partial charge < -0.3 is 10.6 Å². The summed E-state index contributed by atoms with van der Waals surface area (Å²) < 4.78 is 0. The molecule has 0 heterocycles. The SMILES string of the molecule is O=C(CCNC(=O)c1ccccc1)Nc1ccc([N+](=O)[O-])cc1Cl. The summed E-state index contributed by atoms with van der Waals surface area (Å²) in [6.45, 7) is 0.157. The fourth-order valence-corrected chi connectivity index (χ4v) is 2.13. The van der Waals surface area contributed by atoms with E-state index in [-0.39, 0.29) is 41.2 Å². The average Bonchev–Trinajstić information content (AvgIpc) is 2.57. The monoisotopic (exact) mass is 347 g/mol. The maximum absolute atomic E-state index is 11.8. The van der Waals surface area contributed by atoms with Crippen LogP contribution in [0.15, 0.2) is 48.5 Å². The number of carbonyl (C=O) groups is 2. The smallest absolute Gasteiger partial charge is 0.271 e. The average molecular weight is 348 g/mol. The molecular formula is C16H14ClN3O4. The Morgan fingerprint density at radius 1 is 1.12 bits per heavy atom. The number of amides is 2. The van der Waals surface area contributed by atoms with Crippen LogP contribution in [-0.4, -0.2) is 23.3 Å². The standard InChI is InChI=1S/C16H14ClN3O4/c17-13-10-12(20(23)24)6-7-14(13)19-15(21)8-9-18-16(22)11-4-2-1-3-5-11/h1-7,10H,8-9H2,(H,18,22)(H,19,21). The van der Waals surface area contributed by atoms with E-state index < -0.39 is 4.92 Å². The number of nitro benzene ring substituents is 1. The highest BCUT2D eigenvalue weighted by molar-refractivity contribution is 6.33. The van der Waals surface area contributed by atoms with Crippen molar-refractivity contribution in [2.45, 2.75) is 6.42 Å². The normalized spacial score (nSPS) is 10.0. The number of rotatable bonds is 6. The van der Waals surface area contributed by atoms with Gasteiger partial charge in [0.05, 0.1) is 15.6 Å². The molecule has 0 radical (unpaired) electrons.